The van der Waals surface area contributed by atoms with E-state index in [-0.39, 0.29) is 18.0 Å². The summed E-state index contributed by atoms with van der Waals surface area (Å²) in [4.78, 5) is 11.8. The lowest BCUT2D eigenvalue weighted by Gasteiger charge is -2.18. The van der Waals surface area contributed by atoms with Crippen molar-refractivity contribution in [3.63, 3.8) is 0 Å². The van der Waals surface area contributed by atoms with E-state index >= 15 is 0 Å². The summed E-state index contributed by atoms with van der Waals surface area (Å²) in [5.74, 6) is -0.0436. The van der Waals surface area contributed by atoms with Crippen LogP contribution in [0.1, 0.15) is 37.8 Å². The summed E-state index contributed by atoms with van der Waals surface area (Å²) in [6.45, 7) is 6.14. The number of carbonyl (C=O) groups is 1. The van der Waals surface area contributed by atoms with Gasteiger partial charge in [-0.2, -0.15) is 0 Å². The van der Waals surface area contributed by atoms with Crippen molar-refractivity contribution >= 4 is 5.91 Å². The van der Waals surface area contributed by atoms with Crippen LogP contribution in [0.15, 0.2) is 24.3 Å². The van der Waals surface area contributed by atoms with Crippen molar-refractivity contribution in [1.82, 2.24) is 5.32 Å². The molecule has 0 aliphatic heterocycles. The molecule has 1 amide bonds. The molecule has 3 heteroatoms. The van der Waals surface area contributed by atoms with Gasteiger partial charge in [-0.05, 0) is 37.8 Å². The van der Waals surface area contributed by atoms with E-state index in [4.69, 9.17) is 5.73 Å². The molecule has 0 saturated heterocycles. The Kier molecular flexibility index (Phi) is 5.86. The monoisotopic (exact) mass is 248 g/mol. The molecule has 0 heterocycles. The minimum absolute atomic E-state index is 0.0436. The van der Waals surface area contributed by atoms with E-state index in [0.717, 1.165) is 19.3 Å². The maximum atomic E-state index is 11.8. The summed E-state index contributed by atoms with van der Waals surface area (Å²) in [5.41, 5.74) is 8.32. The van der Waals surface area contributed by atoms with Gasteiger partial charge in [-0.25, -0.2) is 0 Å². The first-order chi connectivity index (χ1) is 8.54. The molecule has 1 aromatic carbocycles. The second kappa shape index (κ2) is 7.17. The maximum Gasteiger partial charge on any atom is 0.237 e. The van der Waals surface area contributed by atoms with Crippen LogP contribution in [0.2, 0.25) is 0 Å². The van der Waals surface area contributed by atoms with Gasteiger partial charge < -0.3 is 11.1 Å². The minimum Gasteiger partial charge on any atom is -0.352 e. The summed E-state index contributed by atoms with van der Waals surface area (Å²) in [7, 11) is 0. The van der Waals surface area contributed by atoms with Crippen LogP contribution in [-0.2, 0) is 11.2 Å². The summed E-state index contributed by atoms with van der Waals surface area (Å²) >= 11 is 0. The fraction of sp³-hybridized carbons (Fsp3) is 0.533. The predicted octanol–water partition coefficient (Wildman–Crippen LogP) is 2.17. The number of carbonyl (C=O) groups excluding carboxylic acids is 1. The highest BCUT2D eigenvalue weighted by molar-refractivity contribution is 5.81. The molecule has 2 atom stereocenters. The lowest BCUT2D eigenvalue weighted by molar-refractivity contribution is -0.123. The molecule has 1 unspecified atom stereocenters. The Morgan fingerprint density at radius 2 is 2.06 bits per heavy atom. The van der Waals surface area contributed by atoms with E-state index in [1.54, 1.807) is 0 Å². The van der Waals surface area contributed by atoms with Gasteiger partial charge in [0.05, 0.1) is 6.04 Å². The third kappa shape index (κ3) is 4.49. The molecule has 100 valence electrons. The maximum absolute atomic E-state index is 11.8. The zero-order valence-electron chi connectivity index (χ0n) is 11.6. The number of nitrogens with two attached hydrogens (primary N) is 1. The van der Waals surface area contributed by atoms with Crippen LogP contribution < -0.4 is 11.1 Å². The Bertz CT molecular complexity index is 390. The summed E-state index contributed by atoms with van der Waals surface area (Å²) in [5, 5.41) is 2.98. The van der Waals surface area contributed by atoms with Gasteiger partial charge >= 0.3 is 0 Å². The van der Waals surface area contributed by atoms with Gasteiger partial charge in [0.1, 0.15) is 0 Å². The lowest BCUT2D eigenvalue weighted by Crippen LogP contribution is -2.45. The van der Waals surface area contributed by atoms with Crippen molar-refractivity contribution in [3.8, 4) is 0 Å². The normalized spacial score (nSPS) is 14.0. The van der Waals surface area contributed by atoms with Crippen molar-refractivity contribution in [3.05, 3.63) is 35.4 Å². The SMILES string of the molecule is CCC[C@@H](N)C(=O)NC(C)Cc1ccccc1C. The molecule has 0 radical (unpaired) electrons. The molecule has 0 aliphatic rings. The lowest BCUT2D eigenvalue weighted by atomic mass is 10.0. The molecule has 0 fully saturated rings. The van der Waals surface area contributed by atoms with E-state index < -0.39 is 0 Å². The van der Waals surface area contributed by atoms with Gasteiger partial charge in [-0.15, -0.1) is 0 Å². The number of hydrogen-bond acceptors (Lipinski definition) is 2. The largest absolute Gasteiger partial charge is 0.352 e. The first-order valence-electron chi connectivity index (χ1n) is 6.65. The topological polar surface area (TPSA) is 55.1 Å². The molecule has 1 rings (SSSR count). The third-order valence-electron chi connectivity index (χ3n) is 3.11. The second-order valence-electron chi connectivity index (χ2n) is 4.94. The average Bonchev–Trinajstić information content (AvgIpc) is 2.32. The second-order valence-corrected chi connectivity index (χ2v) is 4.94. The smallest absolute Gasteiger partial charge is 0.237 e. The van der Waals surface area contributed by atoms with Gasteiger partial charge in [-0.3, -0.25) is 4.79 Å². The van der Waals surface area contributed by atoms with Crippen LogP contribution in [-0.4, -0.2) is 18.0 Å². The molecule has 0 saturated carbocycles. The van der Waals surface area contributed by atoms with E-state index in [9.17, 15) is 4.79 Å². The number of benzene rings is 1. The zero-order valence-corrected chi connectivity index (χ0v) is 11.6. The Labute approximate surface area is 110 Å². The van der Waals surface area contributed by atoms with Crippen LogP contribution >= 0.6 is 0 Å². The van der Waals surface area contributed by atoms with Crippen molar-refractivity contribution in [2.75, 3.05) is 0 Å². The van der Waals surface area contributed by atoms with Gasteiger partial charge in [0.15, 0.2) is 0 Å². The Balaban J connectivity index is 2.49. The number of aryl methyl sites for hydroxylation is 1. The number of hydrogen-bond donors (Lipinski definition) is 2. The van der Waals surface area contributed by atoms with Gasteiger partial charge in [0.2, 0.25) is 5.91 Å². The molecule has 0 bridgehead atoms. The van der Waals surface area contributed by atoms with Crippen molar-refractivity contribution < 1.29 is 4.79 Å². The summed E-state index contributed by atoms with van der Waals surface area (Å²) in [6, 6.07) is 7.98. The molecule has 1 aromatic rings. The van der Waals surface area contributed by atoms with Crippen molar-refractivity contribution in [2.45, 2.75) is 52.1 Å². The van der Waals surface area contributed by atoms with Crippen LogP contribution in [0, 0.1) is 6.92 Å². The van der Waals surface area contributed by atoms with Crippen LogP contribution in [0.4, 0.5) is 0 Å². The Morgan fingerprint density at radius 3 is 2.67 bits per heavy atom. The zero-order chi connectivity index (χ0) is 13.5. The molecule has 0 spiro atoms. The fourth-order valence-corrected chi connectivity index (χ4v) is 2.01. The molecule has 0 aliphatic carbocycles. The van der Waals surface area contributed by atoms with Gasteiger partial charge in [-0.1, -0.05) is 37.6 Å². The third-order valence-corrected chi connectivity index (χ3v) is 3.11. The van der Waals surface area contributed by atoms with E-state index in [0.29, 0.717) is 0 Å². The van der Waals surface area contributed by atoms with Crippen LogP contribution in [0.25, 0.3) is 0 Å². The molecule has 3 N–H and O–H groups in total. The first-order valence-corrected chi connectivity index (χ1v) is 6.65. The van der Waals surface area contributed by atoms with Gasteiger partial charge in [0.25, 0.3) is 0 Å². The molecular weight excluding hydrogens is 224 g/mol. The van der Waals surface area contributed by atoms with Gasteiger partial charge in [0, 0.05) is 6.04 Å². The van der Waals surface area contributed by atoms with E-state index in [2.05, 4.69) is 24.4 Å². The summed E-state index contributed by atoms with van der Waals surface area (Å²) < 4.78 is 0. The highest BCUT2D eigenvalue weighted by Crippen LogP contribution is 2.09. The van der Waals surface area contributed by atoms with Crippen LogP contribution in [0.5, 0.6) is 0 Å². The Morgan fingerprint density at radius 1 is 1.39 bits per heavy atom. The van der Waals surface area contributed by atoms with E-state index in [1.807, 2.05) is 26.0 Å². The van der Waals surface area contributed by atoms with Crippen molar-refractivity contribution in [1.29, 1.82) is 0 Å². The number of nitrogens with one attached hydrogen (secondary N) is 1. The number of rotatable bonds is 6. The standard InChI is InChI=1S/C15H24N2O/c1-4-7-14(16)15(18)17-12(3)10-13-9-6-5-8-11(13)2/h5-6,8-9,12,14H,4,7,10,16H2,1-3H3,(H,17,18)/t12?,14-/m1/s1. The van der Waals surface area contributed by atoms with Crippen LogP contribution in [0.3, 0.4) is 0 Å². The molecule has 0 aromatic heterocycles. The molecular formula is C15H24N2O. The number of amides is 1. The quantitative estimate of drug-likeness (QED) is 0.810. The highest BCUT2D eigenvalue weighted by atomic mass is 16.2. The first kappa shape index (κ1) is 14.7. The van der Waals surface area contributed by atoms with Crippen molar-refractivity contribution in [2.24, 2.45) is 5.73 Å². The predicted molar refractivity (Wildman–Crippen MR) is 75.4 cm³/mol. The average molecular weight is 248 g/mol. The molecule has 18 heavy (non-hydrogen) atoms. The Hall–Kier alpha value is -1.35. The highest BCUT2D eigenvalue weighted by Gasteiger charge is 2.15. The minimum atomic E-state index is -0.380. The van der Waals surface area contributed by atoms with E-state index in [1.165, 1.54) is 11.1 Å². The molecule has 3 nitrogen and oxygen atoms in total. The summed E-state index contributed by atoms with van der Waals surface area (Å²) in [6.07, 6.45) is 2.51. The fourth-order valence-electron chi connectivity index (χ4n) is 2.01.